The zero-order chi connectivity index (χ0) is 22.2. The van der Waals surface area contributed by atoms with Crippen LogP contribution in [0.1, 0.15) is 46.9 Å². The minimum absolute atomic E-state index is 0.244. The van der Waals surface area contributed by atoms with Crippen LogP contribution >= 0.6 is 0 Å². The smallest absolute Gasteiger partial charge is 0.341 e. The van der Waals surface area contributed by atoms with E-state index in [4.69, 9.17) is 14.6 Å². The fourth-order valence-corrected chi connectivity index (χ4v) is 3.90. The van der Waals surface area contributed by atoms with Gasteiger partial charge in [0.15, 0.2) is 12.2 Å². The Hall–Kier alpha value is -3.09. The molecule has 2 aromatic rings. The second-order valence-electron chi connectivity index (χ2n) is 8.15. The van der Waals surface area contributed by atoms with Crippen LogP contribution in [-0.4, -0.2) is 34.2 Å². The first-order valence-electron chi connectivity index (χ1n) is 9.95. The molecule has 0 saturated carbocycles. The Kier molecular flexibility index (Phi) is 5.74. The summed E-state index contributed by atoms with van der Waals surface area (Å²) in [5.41, 5.74) is 4.28. The summed E-state index contributed by atoms with van der Waals surface area (Å²) in [7, 11) is 0. The number of fused-ring (bicyclic) bond motifs is 1. The molecule has 0 bridgehead atoms. The number of amides is 1. The van der Waals surface area contributed by atoms with Crippen molar-refractivity contribution in [2.45, 2.75) is 60.0 Å². The highest BCUT2D eigenvalue weighted by Crippen LogP contribution is 2.44. The van der Waals surface area contributed by atoms with Crippen molar-refractivity contribution in [1.82, 2.24) is 4.98 Å². The monoisotopic (exact) mass is 412 g/mol. The van der Waals surface area contributed by atoms with Gasteiger partial charge in [0.1, 0.15) is 17.3 Å². The first kappa shape index (κ1) is 21.6. The predicted octanol–water partition coefficient (Wildman–Crippen LogP) is 3.81. The molecule has 1 aromatic heterocycles. The van der Waals surface area contributed by atoms with Gasteiger partial charge in [0.05, 0.1) is 0 Å². The highest BCUT2D eigenvalue weighted by Gasteiger charge is 2.41. The number of pyridine rings is 1. The zero-order valence-electron chi connectivity index (χ0n) is 18.3. The molecule has 0 radical (unpaired) electrons. The van der Waals surface area contributed by atoms with Gasteiger partial charge in [-0.25, -0.2) is 9.78 Å². The van der Waals surface area contributed by atoms with E-state index in [1.807, 2.05) is 46.8 Å². The minimum Gasteiger partial charge on any atom is -0.481 e. The third-order valence-electron chi connectivity index (χ3n) is 5.65. The van der Waals surface area contributed by atoms with Crippen molar-refractivity contribution >= 4 is 17.7 Å². The number of hydrogen-bond acceptors (Lipinski definition) is 5. The van der Waals surface area contributed by atoms with Crippen molar-refractivity contribution in [2.24, 2.45) is 0 Å². The van der Waals surface area contributed by atoms with Crippen LogP contribution in [0.2, 0.25) is 0 Å². The van der Waals surface area contributed by atoms with E-state index in [0.717, 1.165) is 33.5 Å². The molecule has 0 fully saturated rings. The van der Waals surface area contributed by atoms with Gasteiger partial charge in [0, 0.05) is 17.7 Å². The van der Waals surface area contributed by atoms with Crippen molar-refractivity contribution in [2.75, 3.05) is 11.9 Å². The summed E-state index contributed by atoms with van der Waals surface area (Å²) >= 11 is 0. The van der Waals surface area contributed by atoms with Crippen LogP contribution in [0.4, 0.5) is 5.82 Å². The summed E-state index contributed by atoms with van der Waals surface area (Å²) < 4.78 is 11.8. The quantitative estimate of drug-likeness (QED) is 0.775. The Labute approximate surface area is 176 Å². The van der Waals surface area contributed by atoms with Gasteiger partial charge in [0.25, 0.3) is 5.91 Å². The Morgan fingerprint density at radius 2 is 1.87 bits per heavy atom. The van der Waals surface area contributed by atoms with E-state index in [2.05, 4.69) is 10.3 Å². The molecule has 7 nitrogen and oxygen atoms in total. The fourth-order valence-electron chi connectivity index (χ4n) is 3.90. The number of anilines is 1. The topological polar surface area (TPSA) is 97.8 Å². The molecule has 2 heterocycles. The predicted molar refractivity (Wildman–Crippen MR) is 113 cm³/mol. The SMILES string of the molecule is Cc1cc(C)nc(NC(=O)C2(C)CCc3c(C)c(OCC(=O)O)c(C)c(C)c3O2)c1. The molecule has 7 heteroatoms. The summed E-state index contributed by atoms with van der Waals surface area (Å²) in [5, 5.41) is 11.8. The van der Waals surface area contributed by atoms with Crippen LogP contribution in [0, 0.1) is 34.6 Å². The van der Waals surface area contributed by atoms with Crippen LogP contribution in [-0.2, 0) is 16.0 Å². The minimum atomic E-state index is -1.04. The van der Waals surface area contributed by atoms with Crippen molar-refractivity contribution < 1.29 is 24.2 Å². The van der Waals surface area contributed by atoms with E-state index >= 15 is 0 Å². The molecule has 30 heavy (non-hydrogen) atoms. The Morgan fingerprint density at radius 3 is 2.50 bits per heavy atom. The van der Waals surface area contributed by atoms with Gasteiger partial charge >= 0.3 is 5.97 Å². The Morgan fingerprint density at radius 1 is 1.17 bits per heavy atom. The normalized spacial score (nSPS) is 17.7. The van der Waals surface area contributed by atoms with Gasteiger partial charge in [-0.15, -0.1) is 0 Å². The summed E-state index contributed by atoms with van der Waals surface area (Å²) in [6.45, 7) is 10.9. The van der Waals surface area contributed by atoms with E-state index in [9.17, 15) is 9.59 Å². The Bertz CT molecular complexity index is 1010. The largest absolute Gasteiger partial charge is 0.481 e. The summed E-state index contributed by atoms with van der Waals surface area (Å²) in [5.74, 6) is 0.487. The van der Waals surface area contributed by atoms with E-state index in [-0.39, 0.29) is 5.91 Å². The second-order valence-corrected chi connectivity index (χ2v) is 8.15. The average molecular weight is 412 g/mol. The van der Waals surface area contributed by atoms with Crippen LogP contribution in [0.15, 0.2) is 12.1 Å². The first-order chi connectivity index (χ1) is 14.0. The number of nitrogens with zero attached hydrogens (tertiary/aromatic N) is 1. The number of hydrogen-bond donors (Lipinski definition) is 2. The van der Waals surface area contributed by atoms with E-state index in [1.54, 1.807) is 6.92 Å². The number of aliphatic carboxylic acids is 1. The standard InChI is InChI=1S/C23H28N2O5/c1-12-9-13(2)24-18(10-12)25-22(28)23(6)8-7-17-16(5)20(29-11-19(26)27)14(3)15(4)21(17)30-23/h9-10H,7-8,11H2,1-6H3,(H,26,27)(H,24,25,28). The lowest BCUT2D eigenvalue weighted by atomic mass is 9.86. The number of rotatable bonds is 5. The lowest BCUT2D eigenvalue weighted by Gasteiger charge is -2.36. The molecule has 2 N–H and O–H groups in total. The molecular weight excluding hydrogens is 384 g/mol. The molecule has 1 atom stereocenters. The third-order valence-corrected chi connectivity index (χ3v) is 5.65. The van der Waals surface area contributed by atoms with Crippen molar-refractivity contribution in [1.29, 1.82) is 0 Å². The molecule has 1 aromatic carbocycles. The maximum absolute atomic E-state index is 13.1. The van der Waals surface area contributed by atoms with Gasteiger partial charge in [-0.05, 0) is 82.3 Å². The number of ether oxygens (including phenoxy) is 2. The molecular formula is C23H28N2O5. The highest BCUT2D eigenvalue weighted by molar-refractivity contribution is 5.97. The molecule has 1 amide bonds. The molecule has 160 valence electrons. The number of carbonyl (C=O) groups is 2. The van der Waals surface area contributed by atoms with E-state index in [1.165, 1.54) is 0 Å². The van der Waals surface area contributed by atoms with Crippen LogP contribution in [0.5, 0.6) is 11.5 Å². The number of carboxylic acid groups (broad SMARTS) is 1. The van der Waals surface area contributed by atoms with Gasteiger partial charge in [0.2, 0.25) is 0 Å². The number of carboxylic acids is 1. The first-order valence-corrected chi connectivity index (χ1v) is 9.95. The maximum Gasteiger partial charge on any atom is 0.341 e. The molecule has 1 aliphatic heterocycles. The molecule has 3 rings (SSSR count). The molecule has 1 aliphatic rings. The number of aromatic nitrogens is 1. The van der Waals surface area contributed by atoms with Crippen molar-refractivity contribution in [3.8, 4) is 11.5 Å². The van der Waals surface area contributed by atoms with Crippen LogP contribution in [0.3, 0.4) is 0 Å². The zero-order valence-corrected chi connectivity index (χ0v) is 18.3. The van der Waals surface area contributed by atoms with Crippen molar-refractivity contribution in [3.05, 3.63) is 45.6 Å². The molecule has 0 saturated heterocycles. The third kappa shape index (κ3) is 4.10. The lowest BCUT2D eigenvalue weighted by Crippen LogP contribution is -2.48. The summed E-state index contributed by atoms with van der Waals surface area (Å²) in [6, 6.07) is 3.78. The average Bonchev–Trinajstić information content (AvgIpc) is 2.65. The Balaban J connectivity index is 1.90. The van der Waals surface area contributed by atoms with Gasteiger partial charge < -0.3 is 19.9 Å². The van der Waals surface area contributed by atoms with Gasteiger partial charge in [-0.3, -0.25) is 4.79 Å². The highest BCUT2D eigenvalue weighted by atomic mass is 16.5. The summed E-state index contributed by atoms with van der Waals surface area (Å²) in [4.78, 5) is 28.4. The number of nitrogens with one attached hydrogen (secondary N) is 1. The molecule has 0 aliphatic carbocycles. The molecule has 1 unspecified atom stereocenters. The molecule has 0 spiro atoms. The van der Waals surface area contributed by atoms with Crippen LogP contribution in [0.25, 0.3) is 0 Å². The second kappa shape index (κ2) is 7.97. The number of aryl methyl sites for hydroxylation is 2. The van der Waals surface area contributed by atoms with Crippen molar-refractivity contribution in [3.63, 3.8) is 0 Å². The lowest BCUT2D eigenvalue weighted by molar-refractivity contribution is -0.139. The van der Waals surface area contributed by atoms with Crippen LogP contribution < -0.4 is 14.8 Å². The maximum atomic E-state index is 13.1. The van der Waals surface area contributed by atoms with Gasteiger partial charge in [-0.2, -0.15) is 0 Å². The van der Waals surface area contributed by atoms with E-state index in [0.29, 0.717) is 30.2 Å². The number of benzene rings is 1. The van der Waals surface area contributed by atoms with E-state index < -0.39 is 18.2 Å². The van der Waals surface area contributed by atoms with Gasteiger partial charge in [-0.1, -0.05) is 0 Å². The summed E-state index contributed by atoms with van der Waals surface area (Å²) in [6.07, 6.45) is 1.11. The fraction of sp³-hybridized carbons (Fsp3) is 0.435. The number of carbonyl (C=O) groups excluding carboxylic acids is 1.